The number of halogens is 1. The maximum atomic E-state index is 12.9. The van der Waals surface area contributed by atoms with E-state index in [-0.39, 0.29) is 11.6 Å². The monoisotopic (exact) mass is 333 g/mol. The maximum Gasteiger partial charge on any atom is 0.242 e. The van der Waals surface area contributed by atoms with E-state index in [2.05, 4.69) is 6.58 Å². The standard InChI is InChI=1S/C11H10FNO2S.C6H6O/c1-2-7-16(14,15)13-6-5-9-8-10(12)3-4-11(9)13;7-6-4-2-1-3-5-6/h2-6,8H,1,7H2;1-5,7H. The molecule has 0 aliphatic rings. The number of aromatic hydroxyl groups is 1. The highest BCUT2D eigenvalue weighted by atomic mass is 32.2. The van der Waals surface area contributed by atoms with Crippen molar-refractivity contribution in [2.24, 2.45) is 0 Å². The average molecular weight is 333 g/mol. The Balaban J connectivity index is 0.000000229. The van der Waals surface area contributed by atoms with Crippen LogP contribution in [0.4, 0.5) is 4.39 Å². The molecule has 0 aliphatic carbocycles. The summed E-state index contributed by atoms with van der Waals surface area (Å²) in [7, 11) is -3.43. The molecule has 120 valence electrons. The van der Waals surface area contributed by atoms with Crippen LogP contribution < -0.4 is 0 Å². The number of benzene rings is 2. The van der Waals surface area contributed by atoms with Crippen LogP contribution in [0.25, 0.3) is 10.9 Å². The minimum Gasteiger partial charge on any atom is -0.508 e. The normalized spacial score (nSPS) is 10.8. The van der Waals surface area contributed by atoms with Gasteiger partial charge in [-0.05, 0) is 36.4 Å². The Morgan fingerprint density at radius 2 is 1.83 bits per heavy atom. The number of phenolic OH excluding ortho intramolecular Hbond substituents is 1. The quantitative estimate of drug-likeness (QED) is 0.746. The Labute approximate surface area is 134 Å². The third-order valence-corrected chi connectivity index (χ3v) is 4.58. The van der Waals surface area contributed by atoms with E-state index in [4.69, 9.17) is 5.11 Å². The first-order chi connectivity index (χ1) is 10.9. The van der Waals surface area contributed by atoms with Crippen molar-refractivity contribution >= 4 is 20.9 Å². The van der Waals surface area contributed by atoms with Crippen LogP contribution in [0, 0.1) is 5.82 Å². The summed E-state index contributed by atoms with van der Waals surface area (Å²) in [5, 5.41) is 9.19. The van der Waals surface area contributed by atoms with Gasteiger partial charge in [-0.25, -0.2) is 16.8 Å². The summed E-state index contributed by atoms with van der Waals surface area (Å²) in [6, 6.07) is 14.3. The fourth-order valence-corrected chi connectivity index (χ4v) is 3.16. The molecule has 23 heavy (non-hydrogen) atoms. The molecular weight excluding hydrogens is 317 g/mol. The van der Waals surface area contributed by atoms with Crippen molar-refractivity contribution in [2.45, 2.75) is 0 Å². The number of aromatic nitrogens is 1. The number of fused-ring (bicyclic) bond motifs is 1. The van der Waals surface area contributed by atoms with Crippen LogP contribution in [0.5, 0.6) is 5.75 Å². The molecule has 0 saturated heterocycles. The van der Waals surface area contributed by atoms with Gasteiger partial charge in [0.1, 0.15) is 11.6 Å². The van der Waals surface area contributed by atoms with Gasteiger partial charge < -0.3 is 5.11 Å². The number of hydrogen-bond acceptors (Lipinski definition) is 3. The van der Waals surface area contributed by atoms with Crippen LogP contribution in [0.3, 0.4) is 0 Å². The van der Waals surface area contributed by atoms with Crippen molar-refractivity contribution in [3.8, 4) is 5.75 Å². The van der Waals surface area contributed by atoms with Crippen molar-refractivity contribution in [1.82, 2.24) is 3.97 Å². The summed E-state index contributed by atoms with van der Waals surface area (Å²) < 4.78 is 37.6. The summed E-state index contributed by atoms with van der Waals surface area (Å²) in [6.45, 7) is 3.40. The molecule has 3 aromatic rings. The smallest absolute Gasteiger partial charge is 0.242 e. The van der Waals surface area contributed by atoms with Gasteiger partial charge in [0.2, 0.25) is 10.0 Å². The molecule has 0 saturated carbocycles. The van der Waals surface area contributed by atoms with E-state index in [0.717, 1.165) is 3.97 Å². The van der Waals surface area contributed by atoms with Crippen molar-refractivity contribution < 1.29 is 17.9 Å². The predicted molar refractivity (Wildman–Crippen MR) is 89.4 cm³/mol. The van der Waals surface area contributed by atoms with Gasteiger partial charge in [-0.15, -0.1) is 6.58 Å². The molecule has 0 spiro atoms. The summed E-state index contributed by atoms with van der Waals surface area (Å²) >= 11 is 0. The summed E-state index contributed by atoms with van der Waals surface area (Å²) in [5.41, 5.74) is 0.475. The topological polar surface area (TPSA) is 59.3 Å². The predicted octanol–water partition coefficient (Wildman–Crippen LogP) is 3.54. The molecule has 0 amide bonds. The zero-order valence-electron chi connectivity index (χ0n) is 12.3. The lowest BCUT2D eigenvalue weighted by Gasteiger charge is -2.04. The van der Waals surface area contributed by atoms with Crippen LogP contribution in [-0.4, -0.2) is 23.2 Å². The third-order valence-electron chi connectivity index (χ3n) is 3.00. The molecule has 3 rings (SSSR count). The Morgan fingerprint density at radius 1 is 1.13 bits per heavy atom. The highest BCUT2D eigenvalue weighted by Crippen LogP contribution is 2.19. The van der Waals surface area contributed by atoms with Gasteiger partial charge in [0.15, 0.2) is 0 Å². The number of phenols is 1. The first-order valence-corrected chi connectivity index (χ1v) is 8.40. The van der Waals surface area contributed by atoms with E-state index in [1.165, 1.54) is 30.5 Å². The number of para-hydroxylation sites is 1. The molecule has 1 N–H and O–H groups in total. The van der Waals surface area contributed by atoms with Crippen molar-refractivity contribution in [2.75, 3.05) is 5.75 Å². The summed E-state index contributed by atoms with van der Waals surface area (Å²) in [4.78, 5) is 0. The van der Waals surface area contributed by atoms with E-state index < -0.39 is 10.0 Å². The second-order valence-corrected chi connectivity index (χ2v) is 6.61. The van der Waals surface area contributed by atoms with Crippen molar-refractivity contribution in [3.63, 3.8) is 0 Å². The Morgan fingerprint density at radius 3 is 2.39 bits per heavy atom. The maximum absolute atomic E-state index is 12.9. The van der Waals surface area contributed by atoms with Gasteiger partial charge in [-0.1, -0.05) is 24.3 Å². The second kappa shape index (κ2) is 7.11. The molecule has 0 unspecified atom stereocenters. The molecule has 2 aromatic carbocycles. The van der Waals surface area contributed by atoms with Crippen molar-refractivity contribution in [1.29, 1.82) is 0 Å². The molecule has 1 aromatic heterocycles. The lowest BCUT2D eigenvalue weighted by atomic mass is 10.2. The fraction of sp³-hybridized carbons (Fsp3) is 0.0588. The van der Waals surface area contributed by atoms with Crippen LogP contribution in [0.2, 0.25) is 0 Å². The molecule has 0 aliphatic heterocycles. The first kappa shape index (κ1) is 16.8. The van der Waals surface area contributed by atoms with Gasteiger partial charge >= 0.3 is 0 Å². The van der Waals surface area contributed by atoms with Gasteiger partial charge in [0.25, 0.3) is 0 Å². The molecule has 0 radical (unpaired) electrons. The van der Waals surface area contributed by atoms with Gasteiger partial charge in [0, 0.05) is 11.6 Å². The van der Waals surface area contributed by atoms with Gasteiger partial charge in [0.05, 0.1) is 11.3 Å². The van der Waals surface area contributed by atoms with Crippen LogP contribution in [0.15, 0.2) is 73.4 Å². The van der Waals surface area contributed by atoms with Crippen LogP contribution in [-0.2, 0) is 10.0 Å². The van der Waals surface area contributed by atoms with Crippen molar-refractivity contribution in [3.05, 3.63) is 79.3 Å². The molecule has 0 atom stereocenters. The Bertz CT molecular complexity index is 902. The van der Waals surface area contributed by atoms with E-state index >= 15 is 0 Å². The van der Waals surface area contributed by atoms with Crippen LogP contribution >= 0.6 is 0 Å². The highest BCUT2D eigenvalue weighted by molar-refractivity contribution is 7.90. The number of nitrogens with zero attached hydrogens (tertiary/aromatic N) is 1. The largest absolute Gasteiger partial charge is 0.508 e. The van der Waals surface area contributed by atoms with Gasteiger partial charge in [-0.2, -0.15) is 0 Å². The molecule has 1 heterocycles. The highest BCUT2D eigenvalue weighted by Gasteiger charge is 2.13. The zero-order valence-corrected chi connectivity index (χ0v) is 13.1. The number of rotatable bonds is 3. The SMILES string of the molecule is C=CCS(=O)(=O)n1ccc2cc(F)ccc21.Oc1ccccc1. The third kappa shape index (κ3) is 4.20. The molecule has 0 bridgehead atoms. The molecule has 6 heteroatoms. The minimum atomic E-state index is -3.43. The second-order valence-electron chi connectivity index (χ2n) is 4.72. The Kier molecular flexibility index (Phi) is 5.18. The summed E-state index contributed by atoms with van der Waals surface area (Å²) in [5.74, 6) is -0.206. The summed E-state index contributed by atoms with van der Waals surface area (Å²) in [6.07, 6.45) is 2.74. The van der Waals surface area contributed by atoms with Crippen LogP contribution in [0.1, 0.15) is 0 Å². The minimum absolute atomic E-state index is 0.145. The van der Waals surface area contributed by atoms with E-state index in [9.17, 15) is 12.8 Å². The molecule has 0 fully saturated rings. The van der Waals surface area contributed by atoms with E-state index in [0.29, 0.717) is 16.7 Å². The average Bonchev–Trinajstić information content (AvgIpc) is 2.92. The zero-order chi connectivity index (χ0) is 16.9. The van der Waals surface area contributed by atoms with E-state index in [1.807, 2.05) is 6.07 Å². The Hall–Kier alpha value is -2.60. The first-order valence-electron chi connectivity index (χ1n) is 6.79. The van der Waals surface area contributed by atoms with Gasteiger partial charge in [-0.3, -0.25) is 0 Å². The lowest BCUT2D eigenvalue weighted by Crippen LogP contribution is -2.13. The molecule has 4 nitrogen and oxygen atoms in total. The molecular formula is C17H16FNO3S. The lowest BCUT2D eigenvalue weighted by molar-refractivity contribution is 0.475. The number of hydrogen-bond donors (Lipinski definition) is 1. The van der Waals surface area contributed by atoms with E-state index in [1.54, 1.807) is 30.3 Å². The fourth-order valence-electron chi connectivity index (χ4n) is 1.99.